The van der Waals surface area contributed by atoms with E-state index in [1.165, 1.54) is 17.3 Å². The van der Waals surface area contributed by atoms with Crippen LogP contribution in [0.2, 0.25) is 0 Å². The SMILES string of the molecule is COc1ccccc1NC(=O)Cc1nnc(SCC(=O)Nc2ccc(C(C)C)cc2)n1C. The third-order valence-electron chi connectivity index (χ3n) is 4.82. The number of nitrogens with zero attached hydrogens (tertiary/aromatic N) is 3. The molecule has 3 rings (SSSR count). The largest absolute Gasteiger partial charge is 0.495 e. The molecule has 9 heteroatoms. The molecule has 32 heavy (non-hydrogen) atoms. The van der Waals surface area contributed by atoms with E-state index in [1.807, 2.05) is 36.4 Å². The maximum Gasteiger partial charge on any atom is 0.234 e. The summed E-state index contributed by atoms with van der Waals surface area (Å²) >= 11 is 1.27. The number of carbonyl (C=O) groups is 2. The Bertz CT molecular complexity index is 1080. The molecule has 0 saturated carbocycles. The van der Waals surface area contributed by atoms with Crippen LogP contribution in [0.5, 0.6) is 5.75 Å². The fourth-order valence-corrected chi connectivity index (χ4v) is 3.72. The van der Waals surface area contributed by atoms with Crippen molar-refractivity contribution in [2.75, 3.05) is 23.5 Å². The average Bonchev–Trinajstić information content (AvgIpc) is 3.12. The van der Waals surface area contributed by atoms with Crippen LogP contribution in [0.4, 0.5) is 11.4 Å². The van der Waals surface area contributed by atoms with Crippen LogP contribution in [-0.2, 0) is 23.1 Å². The lowest BCUT2D eigenvalue weighted by Gasteiger charge is -2.10. The lowest BCUT2D eigenvalue weighted by Crippen LogP contribution is -2.17. The molecule has 0 bridgehead atoms. The number of thioether (sulfide) groups is 1. The minimum absolute atomic E-state index is 0.0521. The molecule has 1 aromatic heterocycles. The molecule has 2 aromatic carbocycles. The highest BCUT2D eigenvalue weighted by molar-refractivity contribution is 7.99. The second kappa shape index (κ2) is 10.8. The van der Waals surface area contributed by atoms with E-state index in [0.717, 1.165) is 5.69 Å². The molecule has 0 aliphatic rings. The summed E-state index contributed by atoms with van der Waals surface area (Å²) in [5.41, 5.74) is 2.57. The van der Waals surface area contributed by atoms with E-state index in [2.05, 4.69) is 34.7 Å². The fourth-order valence-electron chi connectivity index (χ4n) is 2.99. The van der Waals surface area contributed by atoms with E-state index in [0.29, 0.717) is 28.3 Å². The monoisotopic (exact) mass is 453 g/mol. The van der Waals surface area contributed by atoms with Gasteiger partial charge in [-0.2, -0.15) is 0 Å². The van der Waals surface area contributed by atoms with E-state index >= 15 is 0 Å². The molecule has 2 N–H and O–H groups in total. The lowest BCUT2D eigenvalue weighted by molar-refractivity contribution is -0.116. The number of aromatic nitrogens is 3. The van der Waals surface area contributed by atoms with Gasteiger partial charge in [0.2, 0.25) is 11.8 Å². The van der Waals surface area contributed by atoms with Crippen LogP contribution in [0.25, 0.3) is 0 Å². The van der Waals surface area contributed by atoms with Gasteiger partial charge in [0.25, 0.3) is 0 Å². The third-order valence-corrected chi connectivity index (χ3v) is 5.84. The number of carbonyl (C=O) groups excluding carboxylic acids is 2. The zero-order chi connectivity index (χ0) is 23.1. The van der Waals surface area contributed by atoms with Gasteiger partial charge in [-0.15, -0.1) is 10.2 Å². The first-order valence-corrected chi connectivity index (χ1v) is 11.2. The molecule has 8 nitrogen and oxygen atoms in total. The van der Waals surface area contributed by atoms with E-state index in [9.17, 15) is 9.59 Å². The first-order chi connectivity index (χ1) is 15.4. The summed E-state index contributed by atoms with van der Waals surface area (Å²) < 4.78 is 6.97. The average molecular weight is 454 g/mol. The number of hydrogen-bond acceptors (Lipinski definition) is 6. The maximum absolute atomic E-state index is 12.4. The number of amides is 2. The van der Waals surface area contributed by atoms with Crippen molar-refractivity contribution < 1.29 is 14.3 Å². The van der Waals surface area contributed by atoms with Gasteiger partial charge in [0, 0.05) is 12.7 Å². The van der Waals surface area contributed by atoms with Crippen molar-refractivity contribution in [3.63, 3.8) is 0 Å². The Balaban J connectivity index is 1.53. The molecular formula is C23H27N5O3S. The highest BCUT2D eigenvalue weighted by Crippen LogP contribution is 2.23. The normalized spacial score (nSPS) is 10.8. The minimum atomic E-state index is -0.232. The Labute approximate surface area is 191 Å². The number of nitrogens with one attached hydrogen (secondary N) is 2. The summed E-state index contributed by atoms with van der Waals surface area (Å²) in [7, 11) is 3.32. The van der Waals surface area contributed by atoms with Crippen molar-refractivity contribution >= 4 is 35.0 Å². The predicted octanol–water partition coefficient (Wildman–Crippen LogP) is 3.86. The van der Waals surface area contributed by atoms with Crippen molar-refractivity contribution in [3.05, 3.63) is 59.9 Å². The summed E-state index contributed by atoms with van der Waals surface area (Å²) in [5.74, 6) is 1.35. The van der Waals surface area contributed by atoms with Gasteiger partial charge in [0.15, 0.2) is 5.16 Å². The topological polar surface area (TPSA) is 98.1 Å². The van der Waals surface area contributed by atoms with Crippen LogP contribution in [-0.4, -0.2) is 39.4 Å². The Hall–Kier alpha value is -3.33. The molecule has 1 heterocycles. The molecule has 0 fully saturated rings. The smallest absolute Gasteiger partial charge is 0.234 e. The van der Waals surface area contributed by atoms with Crippen molar-refractivity contribution in [1.82, 2.24) is 14.8 Å². The number of anilines is 2. The molecule has 0 spiro atoms. The molecule has 168 valence electrons. The van der Waals surface area contributed by atoms with E-state index < -0.39 is 0 Å². The Morgan fingerprint density at radius 1 is 1.03 bits per heavy atom. The molecule has 0 unspecified atom stereocenters. The maximum atomic E-state index is 12.4. The number of rotatable bonds is 9. The second-order valence-corrected chi connectivity index (χ2v) is 8.44. The highest BCUT2D eigenvalue weighted by Gasteiger charge is 2.15. The molecule has 0 saturated heterocycles. The zero-order valence-electron chi connectivity index (χ0n) is 18.6. The van der Waals surface area contributed by atoms with E-state index in [4.69, 9.17) is 4.74 Å². The number of methoxy groups -OCH3 is 1. The number of benzene rings is 2. The highest BCUT2D eigenvalue weighted by atomic mass is 32.2. The first-order valence-electron chi connectivity index (χ1n) is 10.2. The van der Waals surface area contributed by atoms with Gasteiger partial charge >= 0.3 is 0 Å². The molecular weight excluding hydrogens is 426 g/mol. The van der Waals surface area contributed by atoms with Crippen LogP contribution in [0.1, 0.15) is 31.2 Å². The van der Waals surface area contributed by atoms with Crippen LogP contribution in [0.15, 0.2) is 53.7 Å². The predicted molar refractivity (Wildman–Crippen MR) is 126 cm³/mol. The zero-order valence-corrected chi connectivity index (χ0v) is 19.4. The van der Waals surface area contributed by atoms with Crippen molar-refractivity contribution in [3.8, 4) is 5.75 Å². The van der Waals surface area contributed by atoms with Crippen molar-refractivity contribution in [1.29, 1.82) is 0 Å². The number of para-hydroxylation sites is 2. The molecule has 2 amide bonds. The summed E-state index contributed by atoms with van der Waals surface area (Å²) in [6.07, 6.45) is 0.0521. The summed E-state index contributed by atoms with van der Waals surface area (Å²) in [6, 6.07) is 15.0. The Kier molecular flexibility index (Phi) is 7.88. The second-order valence-electron chi connectivity index (χ2n) is 7.50. The van der Waals surface area contributed by atoms with Gasteiger partial charge in [0.1, 0.15) is 11.6 Å². The molecule has 0 aliphatic heterocycles. The van der Waals surface area contributed by atoms with Gasteiger partial charge in [0.05, 0.1) is 25.0 Å². The summed E-state index contributed by atoms with van der Waals surface area (Å²) in [6.45, 7) is 4.25. The molecule has 0 radical (unpaired) electrons. The van der Waals surface area contributed by atoms with Crippen molar-refractivity contribution in [2.45, 2.75) is 31.3 Å². The van der Waals surface area contributed by atoms with Gasteiger partial charge in [-0.1, -0.05) is 49.9 Å². The van der Waals surface area contributed by atoms with Gasteiger partial charge in [-0.3, -0.25) is 9.59 Å². The molecule has 0 aliphatic carbocycles. The molecule has 3 aromatic rings. The summed E-state index contributed by atoms with van der Waals surface area (Å²) in [4.78, 5) is 24.7. The Morgan fingerprint density at radius 2 is 1.75 bits per heavy atom. The quantitative estimate of drug-likeness (QED) is 0.478. The first kappa shape index (κ1) is 23.3. The third kappa shape index (κ3) is 6.10. The fraction of sp³-hybridized carbons (Fsp3) is 0.304. The number of ether oxygens (including phenoxy) is 1. The summed E-state index contributed by atoms with van der Waals surface area (Å²) in [5, 5.41) is 14.5. The van der Waals surface area contributed by atoms with Crippen LogP contribution < -0.4 is 15.4 Å². The van der Waals surface area contributed by atoms with Gasteiger partial charge < -0.3 is 19.9 Å². The van der Waals surface area contributed by atoms with Gasteiger partial charge in [-0.05, 0) is 35.7 Å². The van der Waals surface area contributed by atoms with Gasteiger partial charge in [-0.25, -0.2) is 0 Å². The van der Waals surface area contributed by atoms with E-state index in [-0.39, 0.29) is 24.0 Å². The Morgan fingerprint density at radius 3 is 2.44 bits per heavy atom. The number of hydrogen-bond donors (Lipinski definition) is 2. The van der Waals surface area contributed by atoms with E-state index in [1.54, 1.807) is 30.9 Å². The standard InChI is InChI=1S/C23H27N5O3S/c1-15(2)16-9-11-17(12-10-16)24-22(30)14-32-23-27-26-20(28(23)3)13-21(29)25-18-7-5-6-8-19(18)31-4/h5-12,15H,13-14H2,1-4H3,(H,24,30)(H,25,29). The lowest BCUT2D eigenvalue weighted by atomic mass is 10.0. The molecule has 0 atom stereocenters. The minimum Gasteiger partial charge on any atom is -0.495 e. The van der Waals surface area contributed by atoms with Crippen molar-refractivity contribution in [2.24, 2.45) is 7.05 Å². The van der Waals surface area contributed by atoms with Crippen LogP contribution >= 0.6 is 11.8 Å². The van der Waals surface area contributed by atoms with Crippen LogP contribution in [0.3, 0.4) is 0 Å². The van der Waals surface area contributed by atoms with Crippen LogP contribution in [0, 0.1) is 0 Å².